The molecule has 9 nitrogen and oxygen atoms in total. The molecule has 2 unspecified atom stereocenters. The fourth-order valence-electron chi connectivity index (χ4n) is 8.17. The van der Waals surface area contributed by atoms with Gasteiger partial charge in [0.2, 0.25) is 0 Å². The molecule has 0 aliphatic carbocycles. The Labute approximate surface area is 264 Å². The smallest absolute Gasteiger partial charge is 0.319 e. The number of benzene rings is 2. The van der Waals surface area contributed by atoms with Crippen LogP contribution in [0.25, 0.3) is 32.9 Å². The number of nitrogens with zero attached hydrogens (tertiary/aromatic N) is 4. The molecule has 46 heavy (non-hydrogen) atoms. The Morgan fingerprint density at radius 3 is 2.78 bits per heavy atom. The Balaban J connectivity index is 1.22. The van der Waals surface area contributed by atoms with E-state index in [-0.39, 0.29) is 47.6 Å². The molecule has 0 saturated carbocycles. The normalized spacial score (nSPS) is 27.4. The minimum Gasteiger partial charge on any atom is -0.468 e. The van der Waals surface area contributed by atoms with Crippen molar-refractivity contribution in [2.45, 2.75) is 74.8 Å². The molecule has 242 valence electrons. The van der Waals surface area contributed by atoms with Crippen LogP contribution >= 0.6 is 0 Å². The van der Waals surface area contributed by atoms with Crippen molar-refractivity contribution in [1.82, 2.24) is 25.2 Å². The van der Waals surface area contributed by atoms with Crippen LogP contribution in [-0.2, 0) is 4.74 Å². The lowest BCUT2D eigenvalue weighted by molar-refractivity contribution is 0.0512. The molecule has 12 heteroatoms. The van der Waals surface area contributed by atoms with Crippen molar-refractivity contribution >= 4 is 27.5 Å². The molecule has 4 aliphatic rings. The number of alkyl halides is 1. The molecule has 2 aromatic carbocycles. The summed E-state index contributed by atoms with van der Waals surface area (Å²) >= 11 is 0. The molecule has 0 radical (unpaired) electrons. The van der Waals surface area contributed by atoms with Gasteiger partial charge >= 0.3 is 6.01 Å². The van der Waals surface area contributed by atoms with Crippen molar-refractivity contribution < 1.29 is 27.4 Å². The monoisotopic (exact) mass is 634 g/mol. The zero-order valence-corrected chi connectivity index (χ0v) is 25.7. The number of hydrogen-bond acceptors (Lipinski definition) is 9. The SMILES string of the molecule is COCOc1cc(-c2ncc3c(NC4CC5CCC(C4)N5)nc(OC[C@@]45CCCN4C[C@H](F)C5)nc3c2F)c2c(F)cccc2c1. The van der Waals surface area contributed by atoms with Gasteiger partial charge in [-0.15, -0.1) is 0 Å². The maximum Gasteiger partial charge on any atom is 0.319 e. The minimum absolute atomic E-state index is 0.0117. The zero-order valence-electron chi connectivity index (χ0n) is 25.7. The van der Waals surface area contributed by atoms with E-state index in [1.165, 1.54) is 19.4 Å². The Hall–Kier alpha value is -3.74. The topological polar surface area (TPSA) is 93.7 Å². The molecule has 4 aromatic rings. The van der Waals surface area contributed by atoms with Crippen LogP contribution in [0, 0.1) is 11.6 Å². The third-order valence-corrected chi connectivity index (χ3v) is 10.2. The van der Waals surface area contributed by atoms with Gasteiger partial charge in [0.25, 0.3) is 0 Å². The molecule has 2 N–H and O–H groups in total. The number of piperidine rings is 1. The van der Waals surface area contributed by atoms with Crippen LogP contribution in [0.3, 0.4) is 0 Å². The molecule has 8 rings (SSSR count). The first-order chi connectivity index (χ1) is 22.4. The molecule has 4 atom stereocenters. The molecule has 4 saturated heterocycles. The number of pyridine rings is 1. The molecule has 0 amide bonds. The van der Waals surface area contributed by atoms with Crippen LogP contribution in [0.1, 0.15) is 44.9 Å². The van der Waals surface area contributed by atoms with E-state index in [1.54, 1.807) is 24.3 Å². The molecule has 4 aliphatic heterocycles. The van der Waals surface area contributed by atoms with Gasteiger partial charge < -0.3 is 24.8 Å². The van der Waals surface area contributed by atoms with Crippen molar-refractivity contribution in [3.05, 3.63) is 48.2 Å². The third kappa shape index (κ3) is 5.29. The summed E-state index contributed by atoms with van der Waals surface area (Å²) in [5.74, 6) is -0.413. The van der Waals surface area contributed by atoms with Crippen LogP contribution in [0.5, 0.6) is 11.8 Å². The summed E-state index contributed by atoms with van der Waals surface area (Å²) in [6.07, 6.45) is 6.93. The number of rotatable bonds is 9. The van der Waals surface area contributed by atoms with E-state index < -0.39 is 23.3 Å². The third-order valence-electron chi connectivity index (χ3n) is 10.2. The van der Waals surface area contributed by atoms with E-state index in [9.17, 15) is 4.39 Å². The lowest BCUT2D eigenvalue weighted by Gasteiger charge is -2.31. The average Bonchev–Trinajstić information content (AvgIpc) is 3.69. The van der Waals surface area contributed by atoms with E-state index in [0.29, 0.717) is 47.4 Å². The maximum absolute atomic E-state index is 16.8. The molecule has 6 heterocycles. The second-order valence-electron chi connectivity index (χ2n) is 13.2. The van der Waals surface area contributed by atoms with E-state index in [0.717, 1.165) is 45.1 Å². The molecular weight excluding hydrogens is 597 g/mol. The van der Waals surface area contributed by atoms with Gasteiger partial charge in [-0.25, -0.2) is 13.2 Å². The van der Waals surface area contributed by atoms with Crippen molar-refractivity contribution in [3.8, 4) is 23.0 Å². The lowest BCUT2D eigenvalue weighted by atomic mass is 9.95. The standard InChI is InChI=1S/C34H37F3N6O3/c1-44-18-46-24-10-19-4-2-5-27(36)28(19)25(13-24)30-29(37)31-26(15-38-30)32(40-23-11-21-6-7-22(12-23)39-21)42-33(41-31)45-17-34-8-3-9-43(34)16-20(35)14-34/h2,4-5,10,13,15,20-23,39H,3,6-9,11-12,14,16-18H2,1H3,(H,40,41,42)/t20-,21?,22?,23?,34+/m1/s1. The van der Waals surface area contributed by atoms with E-state index in [4.69, 9.17) is 19.2 Å². The fraction of sp³-hybridized carbons (Fsp3) is 0.500. The second kappa shape index (κ2) is 11.8. The summed E-state index contributed by atoms with van der Waals surface area (Å²) in [6, 6.07) is 8.91. The van der Waals surface area contributed by atoms with Gasteiger partial charge in [-0.2, -0.15) is 9.97 Å². The average molecular weight is 635 g/mol. The van der Waals surface area contributed by atoms with Gasteiger partial charge in [-0.05, 0) is 68.7 Å². The summed E-state index contributed by atoms with van der Waals surface area (Å²) in [7, 11) is 1.50. The van der Waals surface area contributed by atoms with Crippen molar-refractivity contribution in [1.29, 1.82) is 0 Å². The second-order valence-corrected chi connectivity index (χ2v) is 13.2. The van der Waals surface area contributed by atoms with E-state index in [1.807, 2.05) is 0 Å². The first kappa shape index (κ1) is 29.6. The first-order valence-corrected chi connectivity index (χ1v) is 16.1. The quantitative estimate of drug-likeness (QED) is 0.223. The highest BCUT2D eigenvalue weighted by atomic mass is 19.1. The van der Waals surface area contributed by atoms with Gasteiger partial charge in [-0.1, -0.05) is 12.1 Å². The van der Waals surface area contributed by atoms with Gasteiger partial charge in [0.15, 0.2) is 12.6 Å². The van der Waals surface area contributed by atoms with E-state index in [2.05, 4.69) is 25.5 Å². The van der Waals surface area contributed by atoms with Crippen LogP contribution in [0.4, 0.5) is 19.0 Å². The Kier molecular flexibility index (Phi) is 7.61. The summed E-state index contributed by atoms with van der Waals surface area (Å²) in [5, 5.41) is 8.36. The van der Waals surface area contributed by atoms with Gasteiger partial charge in [0.1, 0.15) is 41.4 Å². The van der Waals surface area contributed by atoms with Crippen LogP contribution in [0.15, 0.2) is 36.5 Å². The van der Waals surface area contributed by atoms with Crippen LogP contribution in [-0.4, -0.2) is 83.3 Å². The summed E-state index contributed by atoms with van der Waals surface area (Å²) in [6.45, 7) is 1.41. The van der Waals surface area contributed by atoms with Crippen molar-refractivity contribution in [2.24, 2.45) is 0 Å². The van der Waals surface area contributed by atoms with Gasteiger partial charge in [-0.3, -0.25) is 9.88 Å². The predicted octanol–water partition coefficient (Wildman–Crippen LogP) is 5.76. The van der Waals surface area contributed by atoms with Crippen molar-refractivity contribution in [3.63, 3.8) is 0 Å². The molecule has 4 fully saturated rings. The number of halogens is 3. The summed E-state index contributed by atoms with van der Waals surface area (Å²) in [5.41, 5.74) is -0.247. The summed E-state index contributed by atoms with van der Waals surface area (Å²) in [4.78, 5) is 16.0. The van der Waals surface area contributed by atoms with Crippen LogP contribution in [0.2, 0.25) is 0 Å². The Morgan fingerprint density at radius 1 is 1.11 bits per heavy atom. The number of methoxy groups -OCH3 is 1. The minimum atomic E-state index is -0.904. The van der Waals surface area contributed by atoms with E-state index >= 15 is 8.78 Å². The highest BCUT2D eigenvalue weighted by Crippen LogP contribution is 2.41. The maximum atomic E-state index is 16.8. The Bertz CT molecular complexity index is 1780. The number of hydrogen-bond donors (Lipinski definition) is 2. The van der Waals surface area contributed by atoms with Crippen LogP contribution < -0.4 is 20.1 Å². The number of nitrogens with one attached hydrogen (secondary N) is 2. The number of fused-ring (bicyclic) bond motifs is 5. The van der Waals surface area contributed by atoms with Gasteiger partial charge in [0.05, 0.1) is 10.9 Å². The first-order valence-electron chi connectivity index (χ1n) is 16.1. The molecular formula is C34H37F3N6O3. The number of aromatic nitrogens is 3. The molecule has 2 aromatic heterocycles. The number of anilines is 1. The predicted molar refractivity (Wildman–Crippen MR) is 168 cm³/mol. The summed E-state index contributed by atoms with van der Waals surface area (Å²) < 4.78 is 63.5. The Morgan fingerprint density at radius 2 is 1.96 bits per heavy atom. The van der Waals surface area contributed by atoms with Gasteiger partial charge in [0, 0.05) is 55.3 Å². The molecule has 0 spiro atoms. The lowest BCUT2D eigenvalue weighted by Crippen LogP contribution is -2.44. The highest BCUT2D eigenvalue weighted by molar-refractivity contribution is 6.00. The largest absolute Gasteiger partial charge is 0.468 e. The van der Waals surface area contributed by atoms with Crippen molar-refractivity contribution in [2.75, 3.05) is 38.9 Å². The fourth-order valence-corrected chi connectivity index (χ4v) is 8.17. The highest BCUT2D eigenvalue weighted by Gasteiger charge is 2.49. The molecule has 2 bridgehead atoms. The number of ether oxygens (including phenoxy) is 3. The zero-order chi connectivity index (χ0) is 31.4.